The highest BCUT2D eigenvalue weighted by Gasteiger charge is 2.22. The van der Waals surface area contributed by atoms with E-state index in [4.69, 9.17) is 5.73 Å². The first-order valence-corrected chi connectivity index (χ1v) is 7.10. The number of likely N-dealkylation sites (tertiary alicyclic amines) is 1. The predicted octanol–water partition coefficient (Wildman–Crippen LogP) is 2.86. The van der Waals surface area contributed by atoms with E-state index in [-0.39, 0.29) is 0 Å². The normalized spacial score (nSPS) is 23.0. The summed E-state index contributed by atoms with van der Waals surface area (Å²) in [6, 6.07) is 7.10. The Morgan fingerprint density at radius 3 is 2.83 bits per heavy atom. The van der Waals surface area contributed by atoms with Gasteiger partial charge in [-0.2, -0.15) is 0 Å². The molecule has 0 aromatic heterocycles. The topological polar surface area (TPSA) is 29.3 Å². The molecular formula is C16H26N2. The monoisotopic (exact) mass is 246 g/mol. The van der Waals surface area contributed by atoms with E-state index in [9.17, 15) is 0 Å². The van der Waals surface area contributed by atoms with Gasteiger partial charge in [0.1, 0.15) is 0 Å². The van der Waals surface area contributed by atoms with Gasteiger partial charge in [0.25, 0.3) is 0 Å². The minimum atomic E-state index is 0.326. The molecule has 1 aliphatic rings. The summed E-state index contributed by atoms with van der Waals surface area (Å²) in [5.41, 5.74) is 10.3. The fraction of sp³-hybridized carbons (Fsp3) is 0.625. The minimum Gasteiger partial charge on any atom is -0.328 e. The third-order valence-corrected chi connectivity index (χ3v) is 4.18. The first kappa shape index (κ1) is 13.6. The van der Waals surface area contributed by atoms with Crippen molar-refractivity contribution in [2.45, 2.75) is 46.2 Å². The molecule has 1 aromatic carbocycles. The van der Waals surface area contributed by atoms with Gasteiger partial charge in [-0.05, 0) is 57.2 Å². The number of nitrogens with two attached hydrogens (primary N) is 1. The SMILES string of the molecule is Cc1ccc(CN2CCCC(C(C)N)C2)c(C)c1. The summed E-state index contributed by atoms with van der Waals surface area (Å²) in [6.45, 7) is 9.97. The fourth-order valence-corrected chi connectivity index (χ4v) is 2.93. The van der Waals surface area contributed by atoms with Gasteiger partial charge >= 0.3 is 0 Å². The number of rotatable bonds is 3. The van der Waals surface area contributed by atoms with Crippen molar-refractivity contribution < 1.29 is 0 Å². The first-order valence-electron chi connectivity index (χ1n) is 7.10. The third-order valence-electron chi connectivity index (χ3n) is 4.18. The van der Waals surface area contributed by atoms with E-state index in [0.717, 1.165) is 13.1 Å². The molecule has 1 heterocycles. The molecule has 1 aliphatic heterocycles. The second-order valence-electron chi connectivity index (χ2n) is 5.93. The summed E-state index contributed by atoms with van der Waals surface area (Å²) >= 11 is 0. The molecule has 1 aromatic rings. The highest BCUT2D eigenvalue weighted by Crippen LogP contribution is 2.21. The van der Waals surface area contributed by atoms with Crippen LogP contribution >= 0.6 is 0 Å². The van der Waals surface area contributed by atoms with Crippen molar-refractivity contribution in [2.24, 2.45) is 11.7 Å². The molecule has 0 aliphatic carbocycles. The molecule has 18 heavy (non-hydrogen) atoms. The Labute approximate surface area is 111 Å². The largest absolute Gasteiger partial charge is 0.328 e. The number of hydrogen-bond donors (Lipinski definition) is 1. The van der Waals surface area contributed by atoms with Crippen molar-refractivity contribution in [1.29, 1.82) is 0 Å². The lowest BCUT2D eigenvalue weighted by atomic mass is 9.91. The minimum absolute atomic E-state index is 0.326. The second kappa shape index (κ2) is 5.85. The Hall–Kier alpha value is -0.860. The smallest absolute Gasteiger partial charge is 0.0236 e. The van der Waals surface area contributed by atoms with Gasteiger partial charge in [0.15, 0.2) is 0 Å². The number of piperidine rings is 1. The van der Waals surface area contributed by atoms with Gasteiger partial charge in [0.2, 0.25) is 0 Å². The van der Waals surface area contributed by atoms with Crippen LogP contribution < -0.4 is 5.73 Å². The zero-order chi connectivity index (χ0) is 13.1. The molecule has 100 valence electrons. The maximum Gasteiger partial charge on any atom is 0.0236 e. The third kappa shape index (κ3) is 3.33. The standard InChI is InChI=1S/C16H26N2/c1-12-6-7-15(13(2)9-12)10-18-8-4-5-16(11-18)14(3)17/h6-7,9,14,16H,4-5,8,10-11,17H2,1-3H3. The van der Waals surface area contributed by atoms with Gasteiger partial charge in [0.05, 0.1) is 0 Å². The molecule has 0 saturated carbocycles. The summed E-state index contributed by atoms with van der Waals surface area (Å²) in [4.78, 5) is 2.56. The quantitative estimate of drug-likeness (QED) is 0.888. The molecule has 2 rings (SSSR count). The van der Waals surface area contributed by atoms with Crippen molar-refractivity contribution >= 4 is 0 Å². The summed E-state index contributed by atoms with van der Waals surface area (Å²) in [5, 5.41) is 0. The van der Waals surface area contributed by atoms with E-state index in [1.807, 2.05) is 0 Å². The van der Waals surface area contributed by atoms with Crippen LogP contribution in [0.1, 0.15) is 36.5 Å². The second-order valence-corrected chi connectivity index (χ2v) is 5.93. The molecular weight excluding hydrogens is 220 g/mol. The van der Waals surface area contributed by atoms with E-state index < -0.39 is 0 Å². The van der Waals surface area contributed by atoms with Crippen molar-refractivity contribution in [3.05, 3.63) is 34.9 Å². The molecule has 0 radical (unpaired) electrons. The van der Waals surface area contributed by atoms with E-state index in [1.54, 1.807) is 0 Å². The average molecular weight is 246 g/mol. The molecule has 2 nitrogen and oxygen atoms in total. The van der Waals surface area contributed by atoms with E-state index in [2.05, 4.69) is 43.9 Å². The van der Waals surface area contributed by atoms with Crippen LogP contribution in [0.2, 0.25) is 0 Å². The van der Waals surface area contributed by atoms with Crippen LogP contribution in [0.15, 0.2) is 18.2 Å². The van der Waals surface area contributed by atoms with Crippen LogP contribution in [-0.4, -0.2) is 24.0 Å². The van der Waals surface area contributed by atoms with Gasteiger partial charge in [-0.25, -0.2) is 0 Å². The Morgan fingerprint density at radius 2 is 2.17 bits per heavy atom. The number of hydrogen-bond acceptors (Lipinski definition) is 2. The molecule has 2 unspecified atom stereocenters. The lowest BCUT2D eigenvalue weighted by molar-refractivity contribution is 0.154. The molecule has 0 bridgehead atoms. The van der Waals surface area contributed by atoms with Crippen molar-refractivity contribution in [1.82, 2.24) is 4.90 Å². The lowest BCUT2D eigenvalue weighted by Gasteiger charge is -2.34. The van der Waals surface area contributed by atoms with Gasteiger partial charge in [-0.1, -0.05) is 23.8 Å². The lowest BCUT2D eigenvalue weighted by Crippen LogP contribution is -2.42. The zero-order valence-corrected chi connectivity index (χ0v) is 11.9. The van der Waals surface area contributed by atoms with Crippen molar-refractivity contribution in [3.63, 3.8) is 0 Å². The molecule has 1 fully saturated rings. The summed E-state index contributed by atoms with van der Waals surface area (Å²) < 4.78 is 0. The fourth-order valence-electron chi connectivity index (χ4n) is 2.93. The van der Waals surface area contributed by atoms with Crippen LogP contribution in [0, 0.1) is 19.8 Å². The highest BCUT2D eigenvalue weighted by atomic mass is 15.1. The van der Waals surface area contributed by atoms with Gasteiger partial charge in [-0.15, -0.1) is 0 Å². The molecule has 2 heteroatoms. The predicted molar refractivity (Wildman–Crippen MR) is 77.6 cm³/mol. The first-order chi connectivity index (χ1) is 8.56. The van der Waals surface area contributed by atoms with Crippen LogP contribution in [0.3, 0.4) is 0 Å². The van der Waals surface area contributed by atoms with Gasteiger partial charge < -0.3 is 5.73 Å². The summed E-state index contributed by atoms with van der Waals surface area (Å²) in [6.07, 6.45) is 2.58. The van der Waals surface area contributed by atoms with Crippen molar-refractivity contribution in [3.8, 4) is 0 Å². The zero-order valence-electron chi connectivity index (χ0n) is 11.9. The van der Waals surface area contributed by atoms with Gasteiger partial charge in [0, 0.05) is 19.1 Å². The number of nitrogens with zero attached hydrogens (tertiary/aromatic N) is 1. The van der Waals surface area contributed by atoms with E-state index >= 15 is 0 Å². The Morgan fingerprint density at radius 1 is 1.39 bits per heavy atom. The number of benzene rings is 1. The molecule has 0 amide bonds. The summed E-state index contributed by atoms with van der Waals surface area (Å²) in [5.74, 6) is 0.671. The van der Waals surface area contributed by atoms with Crippen LogP contribution in [-0.2, 0) is 6.54 Å². The van der Waals surface area contributed by atoms with Crippen LogP contribution in [0.4, 0.5) is 0 Å². The molecule has 2 N–H and O–H groups in total. The Bertz CT molecular complexity index is 398. The van der Waals surface area contributed by atoms with Crippen LogP contribution in [0.5, 0.6) is 0 Å². The Balaban J connectivity index is 2.00. The van der Waals surface area contributed by atoms with Crippen LogP contribution in [0.25, 0.3) is 0 Å². The Kier molecular flexibility index (Phi) is 4.41. The highest BCUT2D eigenvalue weighted by molar-refractivity contribution is 5.30. The maximum absolute atomic E-state index is 6.05. The van der Waals surface area contributed by atoms with Gasteiger partial charge in [-0.3, -0.25) is 4.90 Å². The maximum atomic E-state index is 6.05. The van der Waals surface area contributed by atoms with Crippen molar-refractivity contribution in [2.75, 3.05) is 13.1 Å². The number of aryl methyl sites for hydroxylation is 2. The average Bonchev–Trinajstić information content (AvgIpc) is 2.33. The molecule has 1 saturated heterocycles. The summed E-state index contributed by atoms with van der Waals surface area (Å²) in [7, 11) is 0. The van der Waals surface area contributed by atoms with E-state index in [0.29, 0.717) is 12.0 Å². The molecule has 2 atom stereocenters. The molecule has 0 spiro atoms. The van der Waals surface area contributed by atoms with E-state index in [1.165, 1.54) is 36.1 Å².